The quantitative estimate of drug-likeness (QED) is 0.885. The van der Waals surface area contributed by atoms with Crippen molar-refractivity contribution in [1.82, 2.24) is 0 Å². The van der Waals surface area contributed by atoms with Gasteiger partial charge in [-0.05, 0) is 42.7 Å². The summed E-state index contributed by atoms with van der Waals surface area (Å²) < 4.78 is 5.90. The van der Waals surface area contributed by atoms with Gasteiger partial charge in [0.2, 0.25) is 0 Å². The molecule has 3 nitrogen and oxygen atoms in total. The van der Waals surface area contributed by atoms with E-state index in [1.54, 1.807) is 0 Å². The Hall–Kier alpha value is -1.35. The minimum absolute atomic E-state index is 0.167. The monoisotopic (exact) mass is 276 g/mol. The maximum Gasteiger partial charge on any atom is 0.306 e. The molecule has 0 atom stereocenters. The first-order valence-corrected chi connectivity index (χ1v) is 7.49. The van der Waals surface area contributed by atoms with Gasteiger partial charge in [-0.1, -0.05) is 38.1 Å². The first-order chi connectivity index (χ1) is 9.56. The van der Waals surface area contributed by atoms with Gasteiger partial charge in [0.15, 0.2) is 0 Å². The third-order valence-electron chi connectivity index (χ3n) is 4.16. The Kier molecular flexibility index (Phi) is 5.18. The highest BCUT2D eigenvalue weighted by Crippen LogP contribution is 2.27. The van der Waals surface area contributed by atoms with E-state index in [9.17, 15) is 4.79 Å². The van der Waals surface area contributed by atoms with Crippen LogP contribution in [0.5, 0.6) is 0 Å². The van der Waals surface area contributed by atoms with Crippen molar-refractivity contribution >= 4 is 5.97 Å². The molecule has 2 rings (SSSR count). The van der Waals surface area contributed by atoms with Crippen LogP contribution in [-0.4, -0.2) is 17.2 Å². The number of carbonyl (C=O) groups is 1. The summed E-state index contributed by atoms with van der Waals surface area (Å²) in [4.78, 5) is 10.9. The second kappa shape index (κ2) is 6.89. The fourth-order valence-electron chi connectivity index (χ4n) is 2.69. The van der Waals surface area contributed by atoms with Gasteiger partial charge in [0, 0.05) is 0 Å². The molecule has 1 fully saturated rings. The molecule has 1 aromatic rings. The standard InChI is InChI=1S/C17H24O3/c1-12(2)14-5-3-13(4-6-14)11-20-16-9-7-15(8-10-16)17(18)19/h3-6,12,15-16H,7-11H2,1-2H3,(H,18,19). The SMILES string of the molecule is CC(C)c1ccc(COC2CCC(C(=O)O)CC2)cc1. The normalized spacial score (nSPS) is 22.9. The molecule has 0 aliphatic heterocycles. The molecule has 0 saturated heterocycles. The molecule has 20 heavy (non-hydrogen) atoms. The van der Waals surface area contributed by atoms with Gasteiger partial charge in [0.1, 0.15) is 0 Å². The molecular weight excluding hydrogens is 252 g/mol. The Labute approximate surface area is 121 Å². The molecule has 1 aliphatic carbocycles. The summed E-state index contributed by atoms with van der Waals surface area (Å²) in [6.45, 7) is 5.00. The molecule has 1 saturated carbocycles. The molecule has 1 aliphatic rings. The summed E-state index contributed by atoms with van der Waals surface area (Å²) in [5.74, 6) is -0.274. The minimum atomic E-state index is -0.660. The van der Waals surface area contributed by atoms with Crippen molar-refractivity contribution in [3.05, 3.63) is 35.4 Å². The van der Waals surface area contributed by atoms with E-state index in [1.807, 2.05) is 0 Å². The molecule has 0 unspecified atom stereocenters. The lowest BCUT2D eigenvalue weighted by atomic mass is 9.87. The number of carboxylic acids is 1. The van der Waals surface area contributed by atoms with Crippen LogP contribution in [0.2, 0.25) is 0 Å². The van der Waals surface area contributed by atoms with Crippen LogP contribution in [0.25, 0.3) is 0 Å². The second-order valence-electron chi connectivity index (χ2n) is 6.02. The van der Waals surface area contributed by atoms with Gasteiger partial charge in [-0.2, -0.15) is 0 Å². The van der Waals surface area contributed by atoms with Crippen LogP contribution >= 0.6 is 0 Å². The number of aliphatic carboxylic acids is 1. The molecule has 0 amide bonds. The van der Waals surface area contributed by atoms with Crippen molar-refractivity contribution in [3.63, 3.8) is 0 Å². The molecule has 110 valence electrons. The third kappa shape index (κ3) is 4.07. The van der Waals surface area contributed by atoms with E-state index in [0.29, 0.717) is 12.5 Å². The van der Waals surface area contributed by atoms with Crippen LogP contribution in [0.1, 0.15) is 56.6 Å². The lowest BCUT2D eigenvalue weighted by Gasteiger charge is -2.26. The zero-order chi connectivity index (χ0) is 14.5. The third-order valence-corrected chi connectivity index (χ3v) is 4.16. The number of hydrogen-bond donors (Lipinski definition) is 1. The van der Waals surface area contributed by atoms with Crippen molar-refractivity contribution in [3.8, 4) is 0 Å². The minimum Gasteiger partial charge on any atom is -0.481 e. The number of benzene rings is 1. The van der Waals surface area contributed by atoms with Crippen molar-refractivity contribution in [2.24, 2.45) is 5.92 Å². The first-order valence-electron chi connectivity index (χ1n) is 7.49. The summed E-state index contributed by atoms with van der Waals surface area (Å²) in [5.41, 5.74) is 2.53. The Morgan fingerprint density at radius 1 is 1.20 bits per heavy atom. The summed E-state index contributed by atoms with van der Waals surface area (Å²) in [5, 5.41) is 8.96. The Morgan fingerprint density at radius 3 is 2.30 bits per heavy atom. The van der Waals surface area contributed by atoms with E-state index >= 15 is 0 Å². The Morgan fingerprint density at radius 2 is 1.80 bits per heavy atom. The van der Waals surface area contributed by atoms with Gasteiger partial charge in [-0.25, -0.2) is 0 Å². The lowest BCUT2D eigenvalue weighted by molar-refractivity contribution is -0.143. The molecule has 0 heterocycles. The molecular formula is C17H24O3. The van der Waals surface area contributed by atoms with E-state index in [-0.39, 0.29) is 12.0 Å². The van der Waals surface area contributed by atoms with E-state index < -0.39 is 5.97 Å². The van der Waals surface area contributed by atoms with Crippen molar-refractivity contribution in [2.45, 2.75) is 58.2 Å². The number of rotatable bonds is 5. The van der Waals surface area contributed by atoms with Gasteiger partial charge in [-0.3, -0.25) is 4.79 Å². The smallest absolute Gasteiger partial charge is 0.306 e. The van der Waals surface area contributed by atoms with Crippen LogP contribution in [-0.2, 0) is 16.1 Å². The van der Waals surface area contributed by atoms with Crippen LogP contribution in [0.4, 0.5) is 0 Å². The summed E-state index contributed by atoms with van der Waals surface area (Å²) in [6, 6.07) is 8.56. The molecule has 0 radical (unpaired) electrons. The highest BCUT2D eigenvalue weighted by atomic mass is 16.5. The van der Waals surface area contributed by atoms with E-state index in [0.717, 1.165) is 25.7 Å². The zero-order valence-electron chi connectivity index (χ0n) is 12.3. The molecule has 1 N–H and O–H groups in total. The highest BCUT2D eigenvalue weighted by Gasteiger charge is 2.26. The van der Waals surface area contributed by atoms with Crippen LogP contribution in [0, 0.1) is 5.92 Å². The topological polar surface area (TPSA) is 46.5 Å². The molecule has 3 heteroatoms. The van der Waals surface area contributed by atoms with E-state index in [1.165, 1.54) is 11.1 Å². The predicted octanol–water partition coefficient (Wildman–Crippen LogP) is 3.97. The summed E-state index contributed by atoms with van der Waals surface area (Å²) in [6.07, 6.45) is 3.43. The van der Waals surface area contributed by atoms with Gasteiger partial charge >= 0.3 is 5.97 Å². The highest BCUT2D eigenvalue weighted by molar-refractivity contribution is 5.70. The predicted molar refractivity (Wildman–Crippen MR) is 78.7 cm³/mol. The molecule has 0 bridgehead atoms. The lowest BCUT2D eigenvalue weighted by Crippen LogP contribution is -2.25. The van der Waals surface area contributed by atoms with Crippen molar-refractivity contribution < 1.29 is 14.6 Å². The van der Waals surface area contributed by atoms with Gasteiger partial charge < -0.3 is 9.84 Å². The number of ether oxygens (including phenoxy) is 1. The zero-order valence-corrected chi connectivity index (χ0v) is 12.3. The fourth-order valence-corrected chi connectivity index (χ4v) is 2.69. The van der Waals surface area contributed by atoms with Crippen molar-refractivity contribution in [2.75, 3.05) is 0 Å². The van der Waals surface area contributed by atoms with E-state index in [4.69, 9.17) is 9.84 Å². The van der Waals surface area contributed by atoms with Crippen LogP contribution in [0.3, 0.4) is 0 Å². The number of carboxylic acid groups (broad SMARTS) is 1. The first kappa shape index (κ1) is 15.0. The van der Waals surface area contributed by atoms with Crippen LogP contribution in [0.15, 0.2) is 24.3 Å². The van der Waals surface area contributed by atoms with Crippen LogP contribution < -0.4 is 0 Å². The van der Waals surface area contributed by atoms with Gasteiger partial charge in [0.05, 0.1) is 18.6 Å². The average molecular weight is 276 g/mol. The van der Waals surface area contributed by atoms with Gasteiger partial charge in [-0.15, -0.1) is 0 Å². The molecule has 1 aromatic carbocycles. The maximum absolute atomic E-state index is 10.9. The summed E-state index contributed by atoms with van der Waals surface area (Å²) in [7, 11) is 0. The molecule has 0 spiro atoms. The second-order valence-corrected chi connectivity index (χ2v) is 6.02. The van der Waals surface area contributed by atoms with Gasteiger partial charge in [0.25, 0.3) is 0 Å². The number of hydrogen-bond acceptors (Lipinski definition) is 2. The van der Waals surface area contributed by atoms with Crippen molar-refractivity contribution in [1.29, 1.82) is 0 Å². The fraction of sp³-hybridized carbons (Fsp3) is 0.588. The Balaban J connectivity index is 1.77. The maximum atomic E-state index is 10.9. The Bertz CT molecular complexity index is 428. The average Bonchev–Trinajstić information content (AvgIpc) is 2.46. The molecule has 0 aromatic heterocycles. The van der Waals surface area contributed by atoms with E-state index in [2.05, 4.69) is 38.1 Å². The summed E-state index contributed by atoms with van der Waals surface area (Å²) >= 11 is 0. The largest absolute Gasteiger partial charge is 0.481 e.